The van der Waals surface area contributed by atoms with Gasteiger partial charge >= 0.3 is 0 Å². The number of halogens is 1. The van der Waals surface area contributed by atoms with Gasteiger partial charge in [-0.1, -0.05) is 37.3 Å². The van der Waals surface area contributed by atoms with Gasteiger partial charge in [-0.3, -0.25) is 0 Å². The SMILES string of the molecule is CC(CO)C(NS(=O)(=O)c1ccccc1)c1ccc(F)cc1. The molecule has 0 aliphatic carbocycles. The minimum atomic E-state index is -3.73. The zero-order chi connectivity index (χ0) is 16.2. The first-order valence-electron chi connectivity index (χ1n) is 6.88. The van der Waals surface area contributed by atoms with Crippen LogP contribution in [0.2, 0.25) is 0 Å². The molecule has 118 valence electrons. The molecule has 2 unspecified atom stereocenters. The Morgan fingerprint density at radius 3 is 2.23 bits per heavy atom. The molecule has 4 nitrogen and oxygen atoms in total. The van der Waals surface area contributed by atoms with Crippen LogP contribution in [0.5, 0.6) is 0 Å². The van der Waals surface area contributed by atoms with E-state index in [1.807, 2.05) is 0 Å². The van der Waals surface area contributed by atoms with Crippen LogP contribution in [0.25, 0.3) is 0 Å². The average molecular weight is 323 g/mol. The smallest absolute Gasteiger partial charge is 0.241 e. The fourth-order valence-corrected chi connectivity index (χ4v) is 3.48. The molecule has 0 bridgehead atoms. The number of sulfonamides is 1. The molecule has 0 heterocycles. The van der Waals surface area contributed by atoms with Crippen LogP contribution in [0, 0.1) is 11.7 Å². The third kappa shape index (κ3) is 3.91. The number of aliphatic hydroxyl groups is 1. The summed E-state index contributed by atoms with van der Waals surface area (Å²) in [5, 5.41) is 9.38. The molecule has 2 aromatic rings. The summed E-state index contributed by atoms with van der Waals surface area (Å²) in [6.07, 6.45) is 0. The molecule has 0 radical (unpaired) electrons. The molecule has 0 spiro atoms. The lowest BCUT2D eigenvalue weighted by Crippen LogP contribution is -2.33. The van der Waals surface area contributed by atoms with E-state index in [2.05, 4.69) is 4.72 Å². The Hall–Kier alpha value is -1.76. The van der Waals surface area contributed by atoms with Crippen molar-refractivity contribution in [3.05, 3.63) is 66.0 Å². The summed E-state index contributed by atoms with van der Waals surface area (Å²) in [6, 6.07) is 12.9. The first-order chi connectivity index (χ1) is 10.4. The Balaban J connectivity index is 2.33. The maximum Gasteiger partial charge on any atom is 0.241 e. The van der Waals surface area contributed by atoms with Crippen molar-refractivity contribution in [1.82, 2.24) is 4.72 Å². The summed E-state index contributed by atoms with van der Waals surface area (Å²) < 4.78 is 40.5. The minimum Gasteiger partial charge on any atom is -0.396 e. The van der Waals surface area contributed by atoms with Crippen molar-refractivity contribution >= 4 is 10.0 Å². The number of aliphatic hydroxyl groups excluding tert-OH is 1. The second-order valence-electron chi connectivity index (χ2n) is 5.12. The predicted octanol–water partition coefficient (Wildman–Crippen LogP) is 2.47. The average Bonchev–Trinajstić information content (AvgIpc) is 2.54. The van der Waals surface area contributed by atoms with Crippen LogP contribution < -0.4 is 4.72 Å². The van der Waals surface area contributed by atoms with Crippen LogP contribution in [-0.4, -0.2) is 20.1 Å². The Morgan fingerprint density at radius 2 is 1.68 bits per heavy atom. The van der Waals surface area contributed by atoms with E-state index in [0.717, 1.165) is 0 Å². The zero-order valence-electron chi connectivity index (χ0n) is 12.1. The number of rotatable bonds is 6. The van der Waals surface area contributed by atoms with Crippen molar-refractivity contribution in [2.75, 3.05) is 6.61 Å². The maximum absolute atomic E-state index is 13.0. The van der Waals surface area contributed by atoms with Crippen LogP contribution in [0.3, 0.4) is 0 Å². The van der Waals surface area contributed by atoms with E-state index in [1.54, 1.807) is 25.1 Å². The number of nitrogens with one attached hydrogen (secondary N) is 1. The summed E-state index contributed by atoms with van der Waals surface area (Å²) in [7, 11) is -3.73. The first-order valence-corrected chi connectivity index (χ1v) is 8.36. The van der Waals surface area contributed by atoms with Crippen LogP contribution in [0.15, 0.2) is 59.5 Å². The van der Waals surface area contributed by atoms with Gasteiger partial charge in [-0.05, 0) is 35.7 Å². The third-order valence-corrected chi connectivity index (χ3v) is 4.88. The van der Waals surface area contributed by atoms with Gasteiger partial charge in [-0.25, -0.2) is 17.5 Å². The van der Waals surface area contributed by atoms with E-state index in [9.17, 15) is 17.9 Å². The summed E-state index contributed by atoms with van der Waals surface area (Å²) in [4.78, 5) is 0.146. The lowest BCUT2D eigenvalue weighted by molar-refractivity contribution is 0.211. The normalized spacial score (nSPS) is 14.5. The zero-order valence-corrected chi connectivity index (χ0v) is 12.9. The van der Waals surface area contributed by atoms with E-state index in [4.69, 9.17) is 0 Å². The van der Waals surface area contributed by atoms with Crippen LogP contribution >= 0.6 is 0 Å². The number of benzene rings is 2. The van der Waals surface area contributed by atoms with Crippen molar-refractivity contribution in [1.29, 1.82) is 0 Å². The highest BCUT2D eigenvalue weighted by molar-refractivity contribution is 7.89. The van der Waals surface area contributed by atoms with E-state index >= 15 is 0 Å². The summed E-state index contributed by atoms with van der Waals surface area (Å²) >= 11 is 0. The molecule has 2 N–H and O–H groups in total. The van der Waals surface area contributed by atoms with Crippen LogP contribution in [0.1, 0.15) is 18.5 Å². The maximum atomic E-state index is 13.0. The second-order valence-corrected chi connectivity index (χ2v) is 6.84. The van der Waals surface area contributed by atoms with Gasteiger partial charge in [0.25, 0.3) is 0 Å². The van der Waals surface area contributed by atoms with E-state index in [1.165, 1.54) is 36.4 Å². The molecule has 2 atom stereocenters. The standard InChI is InChI=1S/C16H18FNO3S/c1-12(11-19)16(13-7-9-14(17)10-8-13)18-22(20,21)15-5-3-2-4-6-15/h2-10,12,16,18-19H,11H2,1H3. The third-order valence-electron chi connectivity index (χ3n) is 3.42. The topological polar surface area (TPSA) is 66.4 Å². The largest absolute Gasteiger partial charge is 0.396 e. The molecular weight excluding hydrogens is 305 g/mol. The molecule has 0 saturated carbocycles. The van der Waals surface area contributed by atoms with Crippen molar-refractivity contribution in [2.45, 2.75) is 17.9 Å². The fourth-order valence-electron chi connectivity index (χ4n) is 2.12. The molecule has 2 rings (SSSR count). The molecule has 22 heavy (non-hydrogen) atoms. The van der Waals surface area contributed by atoms with E-state index in [-0.39, 0.29) is 17.4 Å². The number of hydrogen-bond donors (Lipinski definition) is 2. The molecule has 0 aliphatic heterocycles. The van der Waals surface area contributed by atoms with Gasteiger partial charge in [0.1, 0.15) is 5.82 Å². The van der Waals surface area contributed by atoms with Crippen molar-refractivity contribution in [3.63, 3.8) is 0 Å². The monoisotopic (exact) mass is 323 g/mol. The molecular formula is C16H18FNO3S. The molecule has 0 fully saturated rings. The Morgan fingerprint density at radius 1 is 1.09 bits per heavy atom. The van der Waals surface area contributed by atoms with Crippen molar-refractivity contribution < 1.29 is 17.9 Å². The molecule has 2 aromatic carbocycles. The first kappa shape index (κ1) is 16.6. The molecule has 0 aromatic heterocycles. The lowest BCUT2D eigenvalue weighted by Gasteiger charge is -2.24. The highest BCUT2D eigenvalue weighted by Gasteiger charge is 2.25. The van der Waals surface area contributed by atoms with Crippen LogP contribution in [-0.2, 0) is 10.0 Å². The summed E-state index contributed by atoms with van der Waals surface area (Å²) in [6.45, 7) is 1.53. The molecule has 0 saturated heterocycles. The van der Waals surface area contributed by atoms with Crippen molar-refractivity contribution in [2.24, 2.45) is 5.92 Å². The van der Waals surface area contributed by atoms with Gasteiger partial charge in [-0.15, -0.1) is 0 Å². The fraction of sp³-hybridized carbons (Fsp3) is 0.250. The quantitative estimate of drug-likeness (QED) is 0.858. The van der Waals surface area contributed by atoms with Crippen LogP contribution in [0.4, 0.5) is 4.39 Å². The number of hydrogen-bond acceptors (Lipinski definition) is 3. The summed E-state index contributed by atoms with van der Waals surface area (Å²) in [5.41, 5.74) is 0.599. The van der Waals surface area contributed by atoms with Gasteiger partial charge in [0, 0.05) is 6.61 Å². The van der Waals surface area contributed by atoms with E-state index in [0.29, 0.717) is 5.56 Å². The second kappa shape index (κ2) is 7.00. The van der Waals surface area contributed by atoms with Gasteiger partial charge in [-0.2, -0.15) is 0 Å². The van der Waals surface area contributed by atoms with Gasteiger partial charge < -0.3 is 5.11 Å². The van der Waals surface area contributed by atoms with Gasteiger partial charge in [0.15, 0.2) is 0 Å². The summed E-state index contributed by atoms with van der Waals surface area (Å²) in [5.74, 6) is -0.756. The van der Waals surface area contributed by atoms with E-state index < -0.39 is 21.9 Å². The van der Waals surface area contributed by atoms with Gasteiger partial charge in [0.2, 0.25) is 10.0 Å². The molecule has 0 amide bonds. The van der Waals surface area contributed by atoms with Crippen molar-refractivity contribution in [3.8, 4) is 0 Å². The Labute approximate surface area is 129 Å². The Kier molecular flexibility index (Phi) is 5.28. The Bertz CT molecular complexity index is 702. The molecule has 0 aliphatic rings. The minimum absolute atomic E-state index is 0.146. The molecule has 6 heteroatoms. The lowest BCUT2D eigenvalue weighted by atomic mass is 9.96. The highest BCUT2D eigenvalue weighted by atomic mass is 32.2. The predicted molar refractivity (Wildman–Crippen MR) is 82.2 cm³/mol. The highest BCUT2D eigenvalue weighted by Crippen LogP contribution is 2.24. The van der Waals surface area contributed by atoms with Gasteiger partial charge in [0.05, 0.1) is 10.9 Å².